The first-order chi connectivity index (χ1) is 11.6. The highest BCUT2D eigenvalue weighted by molar-refractivity contribution is 6.09. The molecule has 0 atom stereocenters. The Morgan fingerprint density at radius 2 is 2.12 bits per heavy atom. The highest BCUT2D eigenvalue weighted by Crippen LogP contribution is 2.42. The van der Waals surface area contributed by atoms with E-state index in [-0.39, 0.29) is 11.3 Å². The average Bonchev–Trinajstić information content (AvgIpc) is 2.93. The van der Waals surface area contributed by atoms with E-state index in [1.54, 1.807) is 7.11 Å². The molecule has 1 aromatic carbocycles. The lowest BCUT2D eigenvalue weighted by atomic mass is 9.78. The number of benzene rings is 1. The maximum Gasteiger partial charge on any atom is 0.233 e. The van der Waals surface area contributed by atoms with Crippen molar-refractivity contribution in [2.75, 3.05) is 31.6 Å². The van der Waals surface area contributed by atoms with Crippen molar-refractivity contribution in [2.45, 2.75) is 19.3 Å². The molecule has 4 N–H and O–H groups in total. The van der Waals surface area contributed by atoms with Gasteiger partial charge in [0.2, 0.25) is 5.91 Å². The number of anilines is 1. The van der Waals surface area contributed by atoms with Gasteiger partial charge in [0, 0.05) is 41.8 Å². The molecule has 1 amide bonds. The van der Waals surface area contributed by atoms with Crippen LogP contribution in [0.4, 0.5) is 5.69 Å². The Kier molecular flexibility index (Phi) is 4.57. The van der Waals surface area contributed by atoms with Crippen LogP contribution in [-0.4, -0.2) is 38.9 Å². The van der Waals surface area contributed by atoms with Gasteiger partial charge in [-0.1, -0.05) is 0 Å². The summed E-state index contributed by atoms with van der Waals surface area (Å²) in [4.78, 5) is 14.9. The number of piperidine rings is 1. The van der Waals surface area contributed by atoms with E-state index in [0.717, 1.165) is 50.1 Å². The second kappa shape index (κ2) is 6.65. The number of amides is 1. The molecule has 6 heteroatoms. The van der Waals surface area contributed by atoms with E-state index in [9.17, 15) is 4.79 Å². The Balaban J connectivity index is 1.90. The van der Waals surface area contributed by atoms with Gasteiger partial charge < -0.3 is 26.1 Å². The number of hydrogen-bond donors (Lipinski definition) is 3. The summed E-state index contributed by atoms with van der Waals surface area (Å²) in [6.45, 7) is 2.56. The van der Waals surface area contributed by atoms with Crippen LogP contribution in [0.25, 0.3) is 5.57 Å². The first-order valence-electron chi connectivity index (χ1n) is 8.29. The van der Waals surface area contributed by atoms with Gasteiger partial charge in [-0.3, -0.25) is 4.79 Å². The van der Waals surface area contributed by atoms with Crippen LogP contribution in [0.5, 0.6) is 5.75 Å². The first-order valence-corrected chi connectivity index (χ1v) is 8.29. The molecule has 2 heterocycles. The molecule has 3 rings (SSSR count). The van der Waals surface area contributed by atoms with Gasteiger partial charge in [-0.25, -0.2) is 0 Å². The van der Waals surface area contributed by atoms with Gasteiger partial charge in [0.25, 0.3) is 0 Å². The van der Waals surface area contributed by atoms with Gasteiger partial charge in [0.1, 0.15) is 5.75 Å². The molecule has 0 radical (unpaired) electrons. The monoisotopic (exact) mass is 328 g/mol. The van der Waals surface area contributed by atoms with Crippen molar-refractivity contribution >= 4 is 23.4 Å². The topological polar surface area (TPSA) is 91.4 Å². The number of methoxy groups -OCH3 is 1. The van der Waals surface area contributed by atoms with Gasteiger partial charge in [-0.2, -0.15) is 0 Å². The molecule has 1 spiro atoms. The summed E-state index contributed by atoms with van der Waals surface area (Å²) in [5.41, 5.74) is 7.56. The Morgan fingerprint density at radius 1 is 1.38 bits per heavy atom. The number of hydrogen-bond acceptors (Lipinski definition) is 5. The lowest BCUT2D eigenvalue weighted by Gasteiger charge is -2.32. The summed E-state index contributed by atoms with van der Waals surface area (Å²) in [5, 5.41) is 10.8. The van der Waals surface area contributed by atoms with Crippen LogP contribution >= 0.6 is 0 Å². The van der Waals surface area contributed by atoms with Crippen molar-refractivity contribution in [3.05, 3.63) is 30.0 Å². The highest BCUT2D eigenvalue weighted by atomic mass is 16.5. The molecule has 2 aliphatic heterocycles. The van der Waals surface area contributed by atoms with Gasteiger partial charge in [-0.15, -0.1) is 0 Å². The van der Waals surface area contributed by atoms with Crippen LogP contribution in [0.2, 0.25) is 0 Å². The normalized spacial score (nSPS) is 20.5. The van der Waals surface area contributed by atoms with Crippen LogP contribution < -0.4 is 20.7 Å². The largest absolute Gasteiger partial charge is 0.496 e. The van der Waals surface area contributed by atoms with E-state index < -0.39 is 0 Å². The van der Waals surface area contributed by atoms with Crippen molar-refractivity contribution in [1.82, 2.24) is 5.32 Å². The Labute approximate surface area is 142 Å². The Bertz CT molecular complexity index is 678. The number of carbonyl (C=O) groups is 1. The standard InChI is InChI=1S/C18H24N4O2/c1-24-16-10-14(2-3-15(16)13(11-19)12-20)22-9-6-18(17(22)23)4-7-21-8-5-18/h2-3,10-12,19,21H,4-9,20H2,1H3/b13-12+,19-11?. The number of allylic oxidation sites excluding steroid dienone is 1. The third-order valence-electron chi connectivity index (χ3n) is 5.22. The number of nitrogens with two attached hydrogens (primary N) is 1. The summed E-state index contributed by atoms with van der Waals surface area (Å²) < 4.78 is 5.45. The molecule has 0 bridgehead atoms. The number of nitrogens with one attached hydrogen (secondary N) is 2. The van der Waals surface area contributed by atoms with Gasteiger partial charge in [0.05, 0.1) is 12.5 Å². The second-order valence-electron chi connectivity index (χ2n) is 6.39. The molecule has 0 aliphatic carbocycles. The summed E-state index contributed by atoms with van der Waals surface area (Å²) in [6, 6.07) is 5.63. The molecule has 128 valence electrons. The van der Waals surface area contributed by atoms with Crippen LogP contribution in [0, 0.1) is 10.8 Å². The molecule has 0 saturated carbocycles. The van der Waals surface area contributed by atoms with E-state index >= 15 is 0 Å². The third-order valence-corrected chi connectivity index (χ3v) is 5.22. The number of carbonyl (C=O) groups excluding carboxylic acids is 1. The fourth-order valence-electron chi connectivity index (χ4n) is 3.74. The zero-order valence-electron chi connectivity index (χ0n) is 14.0. The van der Waals surface area contributed by atoms with Gasteiger partial charge in [-0.05, 0) is 44.5 Å². The van der Waals surface area contributed by atoms with Gasteiger partial charge in [0.15, 0.2) is 0 Å². The van der Waals surface area contributed by atoms with Crippen molar-refractivity contribution in [2.24, 2.45) is 11.1 Å². The SMILES string of the molecule is COc1cc(N2CCC3(CCNCC3)C2=O)ccc1/C(C=N)=C/N. The van der Waals surface area contributed by atoms with Crippen LogP contribution in [-0.2, 0) is 4.79 Å². The Morgan fingerprint density at radius 3 is 2.75 bits per heavy atom. The van der Waals surface area contributed by atoms with Gasteiger partial charge >= 0.3 is 0 Å². The highest BCUT2D eigenvalue weighted by Gasteiger charge is 2.47. The van der Waals surface area contributed by atoms with Crippen LogP contribution in [0.3, 0.4) is 0 Å². The van der Waals surface area contributed by atoms with Crippen molar-refractivity contribution in [3.63, 3.8) is 0 Å². The van der Waals surface area contributed by atoms with E-state index in [1.165, 1.54) is 12.4 Å². The van der Waals surface area contributed by atoms with Crippen LogP contribution in [0.15, 0.2) is 24.4 Å². The molecule has 2 aliphatic rings. The number of ether oxygens (including phenoxy) is 1. The third kappa shape index (κ3) is 2.67. The van der Waals surface area contributed by atoms with Crippen LogP contribution in [0.1, 0.15) is 24.8 Å². The van der Waals surface area contributed by atoms with E-state index in [4.69, 9.17) is 15.9 Å². The maximum atomic E-state index is 13.0. The number of nitrogens with zero attached hydrogens (tertiary/aromatic N) is 1. The molecule has 24 heavy (non-hydrogen) atoms. The fraction of sp³-hybridized carbons (Fsp3) is 0.444. The smallest absolute Gasteiger partial charge is 0.233 e. The first kappa shape index (κ1) is 16.5. The molecule has 0 unspecified atom stereocenters. The summed E-state index contributed by atoms with van der Waals surface area (Å²) >= 11 is 0. The summed E-state index contributed by atoms with van der Waals surface area (Å²) in [7, 11) is 1.58. The quantitative estimate of drug-likeness (QED) is 0.734. The van der Waals surface area contributed by atoms with E-state index in [1.807, 2.05) is 23.1 Å². The van der Waals surface area contributed by atoms with E-state index in [2.05, 4.69) is 5.32 Å². The predicted octanol–water partition coefficient (Wildman–Crippen LogP) is 1.75. The minimum absolute atomic E-state index is 0.200. The molecular formula is C18H24N4O2. The molecule has 2 fully saturated rings. The zero-order valence-corrected chi connectivity index (χ0v) is 14.0. The molecular weight excluding hydrogens is 304 g/mol. The lowest BCUT2D eigenvalue weighted by molar-refractivity contribution is -0.126. The lowest BCUT2D eigenvalue weighted by Crippen LogP contribution is -2.42. The Hall–Kier alpha value is -2.34. The molecule has 0 aromatic heterocycles. The maximum absolute atomic E-state index is 13.0. The molecule has 1 aromatic rings. The van der Waals surface area contributed by atoms with E-state index in [0.29, 0.717) is 11.3 Å². The average molecular weight is 328 g/mol. The minimum atomic E-state index is -0.200. The van der Waals surface area contributed by atoms with Crippen molar-refractivity contribution in [3.8, 4) is 5.75 Å². The predicted molar refractivity (Wildman–Crippen MR) is 95.4 cm³/mol. The van der Waals surface area contributed by atoms with Crippen molar-refractivity contribution in [1.29, 1.82) is 5.41 Å². The minimum Gasteiger partial charge on any atom is -0.496 e. The summed E-state index contributed by atoms with van der Waals surface area (Å²) in [5.74, 6) is 0.840. The summed E-state index contributed by atoms with van der Waals surface area (Å²) in [6.07, 6.45) is 5.31. The zero-order chi connectivity index (χ0) is 17.2. The van der Waals surface area contributed by atoms with Crippen molar-refractivity contribution < 1.29 is 9.53 Å². The fourth-order valence-corrected chi connectivity index (χ4v) is 3.74. The second-order valence-corrected chi connectivity index (χ2v) is 6.39. The molecule has 2 saturated heterocycles. The number of rotatable bonds is 4. The molecule has 6 nitrogen and oxygen atoms in total.